The van der Waals surface area contributed by atoms with Gasteiger partial charge in [-0.05, 0) is 31.7 Å². The van der Waals surface area contributed by atoms with E-state index in [9.17, 15) is 19.7 Å². The number of amides is 1. The number of ether oxygens (including phenoxy) is 1. The fourth-order valence-corrected chi connectivity index (χ4v) is 3.65. The number of hydrogen-bond acceptors (Lipinski definition) is 6. The standard InChI is InChI=1S/C19H25N3O5/c23-18(21-11-3-1-2-4-12-21)14-27-19(24)16-13-15(22(25)26)7-8-17(16)20-9-5-6-10-20/h7-8,13H,1-6,9-12,14H2. The molecule has 3 rings (SSSR count). The SMILES string of the molecule is O=C(OCC(=O)N1CCCCCC1)c1cc([N+](=O)[O-])ccc1N1CCCC1. The van der Waals surface area contributed by atoms with E-state index < -0.39 is 10.9 Å². The molecule has 27 heavy (non-hydrogen) atoms. The van der Waals surface area contributed by atoms with Crippen LogP contribution in [0.2, 0.25) is 0 Å². The van der Waals surface area contributed by atoms with E-state index >= 15 is 0 Å². The Balaban J connectivity index is 1.71. The number of esters is 1. The van der Waals surface area contributed by atoms with Crippen LogP contribution in [-0.4, -0.2) is 54.5 Å². The quantitative estimate of drug-likeness (QED) is 0.446. The largest absolute Gasteiger partial charge is 0.452 e. The van der Waals surface area contributed by atoms with E-state index in [2.05, 4.69) is 0 Å². The highest BCUT2D eigenvalue weighted by Gasteiger charge is 2.25. The summed E-state index contributed by atoms with van der Waals surface area (Å²) in [5.41, 5.74) is 0.615. The van der Waals surface area contributed by atoms with Gasteiger partial charge in [-0.15, -0.1) is 0 Å². The predicted molar refractivity (Wildman–Crippen MR) is 99.9 cm³/mol. The van der Waals surface area contributed by atoms with Crippen LogP contribution in [0.3, 0.4) is 0 Å². The summed E-state index contributed by atoms with van der Waals surface area (Å²) in [5.74, 6) is -0.901. The van der Waals surface area contributed by atoms with E-state index in [1.54, 1.807) is 11.0 Å². The van der Waals surface area contributed by atoms with Crippen molar-refractivity contribution in [2.75, 3.05) is 37.7 Å². The van der Waals surface area contributed by atoms with Crippen LogP contribution in [0.4, 0.5) is 11.4 Å². The molecule has 146 valence electrons. The maximum Gasteiger partial charge on any atom is 0.341 e. The summed E-state index contributed by atoms with van der Waals surface area (Å²) in [5, 5.41) is 11.1. The van der Waals surface area contributed by atoms with Crippen LogP contribution in [0, 0.1) is 10.1 Å². The molecule has 2 saturated heterocycles. The molecule has 0 atom stereocenters. The highest BCUT2D eigenvalue weighted by Crippen LogP contribution is 2.29. The number of likely N-dealkylation sites (tertiary alicyclic amines) is 1. The summed E-state index contributed by atoms with van der Waals surface area (Å²) in [4.78, 5) is 39.3. The molecule has 0 aromatic heterocycles. The number of non-ortho nitro benzene ring substituents is 1. The van der Waals surface area contributed by atoms with Gasteiger partial charge in [0.25, 0.3) is 11.6 Å². The van der Waals surface area contributed by atoms with Gasteiger partial charge in [0.15, 0.2) is 6.61 Å². The van der Waals surface area contributed by atoms with Crippen molar-refractivity contribution < 1.29 is 19.2 Å². The molecule has 2 aliphatic heterocycles. The summed E-state index contributed by atoms with van der Waals surface area (Å²) in [6.45, 7) is 2.63. The van der Waals surface area contributed by atoms with Crippen LogP contribution in [0.5, 0.6) is 0 Å². The number of nitro benzene ring substituents is 1. The molecule has 2 aliphatic rings. The van der Waals surface area contributed by atoms with Gasteiger partial charge in [-0.2, -0.15) is 0 Å². The molecule has 2 fully saturated rings. The monoisotopic (exact) mass is 375 g/mol. The molecule has 0 unspecified atom stereocenters. The molecule has 1 amide bonds. The lowest BCUT2D eigenvalue weighted by atomic mass is 10.1. The molecule has 2 heterocycles. The number of nitro groups is 1. The molecule has 1 aromatic rings. The van der Waals surface area contributed by atoms with Gasteiger partial charge >= 0.3 is 5.97 Å². The zero-order valence-electron chi connectivity index (χ0n) is 15.4. The Kier molecular flexibility index (Phi) is 6.26. The maximum atomic E-state index is 12.6. The Bertz CT molecular complexity index is 707. The minimum Gasteiger partial charge on any atom is -0.452 e. The first kappa shape index (κ1) is 19.1. The number of benzene rings is 1. The summed E-state index contributed by atoms with van der Waals surface area (Å²) in [6, 6.07) is 4.23. The Hall–Kier alpha value is -2.64. The molecule has 8 nitrogen and oxygen atoms in total. The lowest BCUT2D eigenvalue weighted by molar-refractivity contribution is -0.384. The van der Waals surface area contributed by atoms with Gasteiger partial charge in [-0.3, -0.25) is 14.9 Å². The number of carbonyl (C=O) groups is 2. The minimum atomic E-state index is -0.691. The molecule has 1 aromatic carbocycles. The summed E-state index contributed by atoms with van der Waals surface area (Å²) < 4.78 is 5.24. The second kappa shape index (κ2) is 8.83. The van der Waals surface area contributed by atoms with E-state index in [0.717, 1.165) is 51.6 Å². The molecule has 8 heteroatoms. The van der Waals surface area contributed by atoms with Gasteiger partial charge in [-0.25, -0.2) is 4.79 Å². The van der Waals surface area contributed by atoms with Crippen LogP contribution in [-0.2, 0) is 9.53 Å². The van der Waals surface area contributed by atoms with Crippen molar-refractivity contribution in [3.63, 3.8) is 0 Å². The maximum absolute atomic E-state index is 12.6. The van der Waals surface area contributed by atoms with Crippen LogP contribution >= 0.6 is 0 Å². The Morgan fingerprint density at radius 1 is 1.00 bits per heavy atom. The third-order valence-corrected chi connectivity index (χ3v) is 5.14. The molecule has 0 radical (unpaired) electrons. The average Bonchev–Trinajstić information content (AvgIpc) is 3.07. The van der Waals surface area contributed by atoms with Crippen LogP contribution < -0.4 is 4.90 Å². The molecular formula is C19H25N3O5. The zero-order valence-corrected chi connectivity index (χ0v) is 15.4. The zero-order chi connectivity index (χ0) is 19.2. The first-order chi connectivity index (χ1) is 13.1. The third-order valence-electron chi connectivity index (χ3n) is 5.14. The van der Waals surface area contributed by atoms with Crippen LogP contribution in [0.1, 0.15) is 48.9 Å². The summed E-state index contributed by atoms with van der Waals surface area (Å²) in [7, 11) is 0. The Morgan fingerprint density at radius 3 is 2.26 bits per heavy atom. The normalized spacial score (nSPS) is 17.5. The smallest absolute Gasteiger partial charge is 0.341 e. The average molecular weight is 375 g/mol. The fraction of sp³-hybridized carbons (Fsp3) is 0.579. The van der Waals surface area contributed by atoms with E-state index in [0.29, 0.717) is 18.8 Å². The number of rotatable bonds is 5. The predicted octanol–water partition coefficient (Wildman–Crippen LogP) is 2.75. The van der Waals surface area contributed by atoms with E-state index in [1.807, 2.05) is 4.90 Å². The summed E-state index contributed by atoms with van der Waals surface area (Å²) in [6.07, 6.45) is 6.16. The first-order valence-electron chi connectivity index (χ1n) is 9.54. The Morgan fingerprint density at radius 2 is 1.63 bits per heavy atom. The molecule has 0 spiro atoms. The number of carbonyl (C=O) groups excluding carboxylic acids is 2. The minimum absolute atomic E-state index is 0.148. The molecule has 0 bridgehead atoms. The first-order valence-corrected chi connectivity index (χ1v) is 9.54. The number of anilines is 1. The van der Waals surface area contributed by atoms with Crippen molar-refractivity contribution >= 4 is 23.3 Å². The summed E-state index contributed by atoms with van der Waals surface area (Å²) >= 11 is 0. The second-order valence-corrected chi connectivity index (χ2v) is 7.02. The molecule has 0 saturated carbocycles. The van der Waals surface area contributed by atoms with Crippen molar-refractivity contribution in [1.82, 2.24) is 4.90 Å². The van der Waals surface area contributed by atoms with Gasteiger partial charge in [0.1, 0.15) is 0 Å². The van der Waals surface area contributed by atoms with Gasteiger partial charge in [0, 0.05) is 38.3 Å². The van der Waals surface area contributed by atoms with Gasteiger partial charge in [0.05, 0.1) is 16.2 Å². The highest BCUT2D eigenvalue weighted by atomic mass is 16.6. The van der Waals surface area contributed by atoms with E-state index in [-0.39, 0.29) is 23.8 Å². The van der Waals surface area contributed by atoms with Gasteiger partial charge in [-0.1, -0.05) is 12.8 Å². The van der Waals surface area contributed by atoms with Crippen molar-refractivity contribution in [1.29, 1.82) is 0 Å². The number of hydrogen-bond donors (Lipinski definition) is 0. The van der Waals surface area contributed by atoms with Crippen molar-refractivity contribution in [3.8, 4) is 0 Å². The van der Waals surface area contributed by atoms with E-state index in [4.69, 9.17) is 4.74 Å². The van der Waals surface area contributed by atoms with Crippen molar-refractivity contribution in [3.05, 3.63) is 33.9 Å². The topological polar surface area (TPSA) is 93.0 Å². The van der Waals surface area contributed by atoms with Crippen molar-refractivity contribution in [2.45, 2.75) is 38.5 Å². The second-order valence-electron chi connectivity index (χ2n) is 7.02. The lowest BCUT2D eigenvalue weighted by Crippen LogP contribution is -2.35. The molecule has 0 aliphatic carbocycles. The molecule has 0 N–H and O–H groups in total. The Labute approximate surface area is 158 Å². The van der Waals surface area contributed by atoms with Crippen molar-refractivity contribution in [2.24, 2.45) is 0 Å². The third kappa shape index (κ3) is 4.75. The van der Waals surface area contributed by atoms with Crippen LogP contribution in [0.15, 0.2) is 18.2 Å². The number of nitrogens with zero attached hydrogens (tertiary/aromatic N) is 3. The highest BCUT2D eigenvalue weighted by molar-refractivity contribution is 5.97. The van der Waals surface area contributed by atoms with Crippen LogP contribution in [0.25, 0.3) is 0 Å². The fourth-order valence-electron chi connectivity index (χ4n) is 3.65. The molecular weight excluding hydrogens is 350 g/mol. The van der Waals surface area contributed by atoms with Gasteiger partial charge in [0.2, 0.25) is 0 Å². The lowest BCUT2D eigenvalue weighted by Gasteiger charge is -2.22. The van der Waals surface area contributed by atoms with Gasteiger partial charge < -0.3 is 14.5 Å². The van der Waals surface area contributed by atoms with E-state index in [1.165, 1.54) is 12.1 Å².